The molecule has 1 N–H and O–H groups in total. The summed E-state index contributed by atoms with van der Waals surface area (Å²) in [4.78, 5) is 27.9. The van der Waals surface area contributed by atoms with Crippen LogP contribution in [-0.4, -0.2) is 34.9 Å². The molecule has 0 saturated heterocycles. The van der Waals surface area contributed by atoms with Crippen LogP contribution in [0, 0.1) is 6.92 Å². The highest BCUT2D eigenvalue weighted by molar-refractivity contribution is 6.30. The molecule has 0 radical (unpaired) electrons. The molecule has 0 unspecified atom stereocenters. The highest BCUT2D eigenvalue weighted by atomic mass is 35.5. The summed E-state index contributed by atoms with van der Waals surface area (Å²) in [5.74, 6) is 0.537. The van der Waals surface area contributed by atoms with Gasteiger partial charge in [0.05, 0.1) is 6.61 Å². The van der Waals surface area contributed by atoms with Crippen LogP contribution in [-0.2, 0) is 16.1 Å². The van der Waals surface area contributed by atoms with Crippen molar-refractivity contribution in [2.24, 2.45) is 0 Å². The molecule has 0 aliphatic heterocycles. The Bertz CT molecular complexity index is 891. The lowest BCUT2D eigenvalue weighted by Crippen LogP contribution is -2.53. The Morgan fingerprint density at radius 2 is 1.81 bits per heavy atom. The SMILES string of the molecule is CC[C@H](C(=O)NC(C)(C)C)N(Cc1cccc(C)c1)C(=O)CCCOc1ccc(Cl)cc1. The van der Waals surface area contributed by atoms with Gasteiger partial charge in [-0.3, -0.25) is 9.59 Å². The Balaban J connectivity index is 2.08. The van der Waals surface area contributed by atoms with Crippen LogP contribution in [0.3, 0.4) is 0 Å². The van der Waals surface area contributed by atoms with Gasteiger partial charge in [-0.1, -0.05) is 48.4 Å². The lowest BCUT2D eigenvalue weighted by molar-refractivity contribution is -0.142. The second kappa shape index (κ2) is 11.9. The van der Waals surface area contributed by atoms with Crippen molar-refractivity contribution in [1.29, 1.82) is 0 Å². The smallest absolute Gasteiger partial charge is 0.243 e. The molecule has 1 atom stereocenters. The van der Waals surface area contributed by atoms with Crippen molar-refractivity contribution >= 4 is 23.4 Å². The van der Waals surface area contributed by atoms with E-state index in [4.69, 9.17) is 16.3 Å². The van der Waals surface area contributed by atoms with Gasteiger partial charge in [0, 0.05) is 23.5 Å². The molecule has 174 valence electrons. The Labute approximate surface area is 197 Å². The third-order valence-corrected chi connectivity index (χ3v) is 5.19. The number of ether oxygens (including phenoxy) is 1. The average Bonchev–Trinajstić information content (AvgIpc) is 2.71. The van der Waals surface area contributed by atoms with Crippen molar-refractivity contribution in [2.75, 3.05) is 6.61 Å². The third kappa shape index (κ3) is 8.54. The van der Waals surface area contributed by atoms with E-state index in [-0.39, 0.29) is 17.4 Å². The topological polar surface area (TPSA) is 58.6 Å². The van der Waals surface area contributed by atoms with Crippen LogP contribution in [0.1, 0.15) is 58.1 Å². The first-order valence-electron chi connectivity index (χ1n) is 11.1. The Kier molecular flexibility index (Phi) is 9.58. The summed E-state index contributed by atoms with van der Waals surface area (Å²) in [5, 5.41) is 3.68. The van der Waals surface area contributed by atoms with E-state index in [2.05, 4.69) is 11.4 Å². The molecular weight excluding hydrogens is 424 g/mol. The summed E-state index contributed by atoms with van der Waals surface area (Å²) in [7, 11) is 0. The van der Waals surface area contributed by atoms with E-state index in [0.717, 1.165) is 16.9 Å². The molecule has 2 aromatic rings. The fraction of sp³-hybridized carbons (Fsp3) is 0.462. The number of hydrogen-bond acceptors (Lipinski definition) is 3. The van der Waals surface area contributed by atoms with E-state index < -0.39 is 6.04 Å². The van der Waals surface area contributed by atoms with Crippen molar-refractivity contribution < 1.29 is 14.3 Å². The maximum absolute atomic E-state index is 13.2. The number of nitrogens with zero attached hydrogens (tertiary/aromatic N) is 1. The number of amides is 2. The Morgan fingerprint density at radius 1 is 1.12 bits per heavy atom. The monoisotopic (exact) mass is 458 g/mol. The summed E-state index contributed by atoms with van der Waals surface area (Å²) in [6.45, 7) is 10.6. The largest absolute Gasteiger partial charge is 0.494 e. The third-order valence-electron chi connectivity index (χ3n) is 4.94. The molecular formula is C26H35ClN2O3. The number of hydrogen-bond donors (Lipinski definition) is 1. The van der Waals surface area contributed by atoms with Gasteiger partial charge >= 0.3 is 0 Å². The minimum absolute atomic E-state index is 0.0536. The number of aryl methyl sites for hydroxylation is 1. The van der Waals surface area contributed by atoms with Crippen LogP contribution in [0.15, 0.2) is 48.5 Å². The van der Waals surface area contributed by atoms with Crippen molar-refractivity contribution in [3.63, 3.8) is 0 Å². The summed E-state index contributed by atoms with van der Waals surface area (Å²) in [6, 6.07) is 14.7. The maximum Gasteiger partial charge on any atom is 0.243 e. The van der Waals surface area contributed by atoms with Gasteiger partial charge in [-0.15, -0.1) is 0 Å². The number of carbonyl (C=O) groups is 2. The molecule has 0 saturated carbocycles. The fourth-order valence-electron chi connectivity index (χ4n) is 3.47. The number of carbonyl (C=O) groups excluding carboxylic acids is 2. The van der Waals surface area contributed by atoms with Crippen LogP contribution in [0.25, 0.3) is 0 Å². The van der Waals surface area contributed by atoms with E-state index in [1.165, 1.54) is 0 Å². The van der Waals surface area contributed by atoms with Gasteiger partial charge in [0.1, 0.15) is 11.8 Å². The molecule has 32 heavy (non-hydrogen) atoms. The van der Waals surface area contributed by atoms with Gasteiger partial charge in [-0.2, -0.15) is 0 Å². The molecule has 0 aromatic heterocycles. The molecule has 2 amide bonds. The molecule has 2 aromatic carbocycles. The second-order valence-electron chi connectivity index (χ2n) is 9.08. The van der Waals surface area contributed by atoms with E-state index in [1.54, 1.807) is 29.2 Å². The van der Waals surface area contributed by atoms with Crippen LogP contribution in [0.5, 0.6) is 5.75 Å². The predicted molar refractivity (Wildman–Crippen MR) is 130 cm³/mol. The van der Waals surface area contributed by atoms with Crippen LogP contribution in [0.4, 0.5) is 0 Å². The number of nitrogens with one attached hydrogen (secondary N) is 1. The average molecular weight is 459 g/mol. The summed E-state index contributed by atoms with van der Waals surface area (Å²) in [5.41, 5.74) is 1.77. The number of benzene rings is 2. The van der Waals surface area contributed by atoms with Crippen molar-refractivity contribution in [3.05, 3.63) is 64.7 Å². The van der Waals surface area contributed by atoms with E-state index in [0.29, 0.717) is 37.4 Å². The number of rotatable bonds is 10. The molecule has 2 rings (SSSR count). The molecule has 6 heteroatoms. The zero-order valence-electron chi connectivity index (χ0n) is 19.8. The lowest BCUT2D eigenvalue weighted by Gasteiger charge is -2.33. The second-order valence-corrected chi connectivity index (χ2v) is 9.52. The van der Waals surface area contributed by atoms with Gasteiger partial charge in [0.15, 0.2) is 0 Å². The van der Waals surface area contributed by atoms with Gasteiger partial charge in [-0.25, -0.2) is 0 Å². The van der Waals surface area contributed by atoms with Crippen LogP contribution in [0.2, 0.25) is 5.02 Å². The van der Waals surface area contributed by atoms with Gasteiger partial charge in [0.2, 0.25) is 11.8 Å². The van der Waals surface area contributed by atoms with Crippen LogP contribution < -0.4 is 10.1 Å². The van der Waals surface area contributed by atoms with E-state index in [9.17, 15) is 9.59 Å². The highest BCUT2D eigenvalue weighted by Gasteiger charge is 2.30. The predicted octanol–water partition coefficient (Wildman–Crippen LogP) is 5.53. The Morgan fingerprint density at radius 3 is 2.41 bits per heavy atom. The maximum atomic E-state index is 13.2. The minimum atomic E-state index is -0.528. The molecule has 0 heterocycles. The summed E-state index contributed by atoms with van der Waals surface area (Å²) < 4.78 is 5.72. The molecule has 0 aliphatic carbocycles. The quantitative estimate of drug-likeness (QED) is 0.476. The van der Waals surface area contributed by atoms with E-state index >= 15 is 0 Å². The minimum Gasteiger partial charge on any atom is -0.494 e. The highest BCUT2D eigenvalue weighted by Crippen LogP contribution is 2.18. The molecule has 0 bridgehead atoms. The first kappa shape index (κ1) is 25.7. The summed E-state index contributed by atoms with van der Waals surface area (Å²) >= 11 is 5.90. The Hall–Kier alpha value is -2.53. The zero-order valence-corrected chi connectivity index (χ0v) is 20.5. The normalized spacial score (nSPS) is 12.2. The van der Waals surface area contributed by atoms with E-state index in [1.807, 2.05) is 52.8 Å². The standard InChI is InChI=1S/C26H35ClN2O3/c1-6-23(25(31)28-26(3,4)5)29(18-20-10-7-9-19(2)17-20)24(30)11-8-16-32-22-14-12-21(27)13-15-22/h7,9-10,12-15,17,23H,6,8,11,16,18H2,1-5H3,(H,28,31)/t23-/m1/s1. The lowest BCUT2D eigenvalue weighted by atomic mass is 10.0. The van der Waals surface area contributed by atoms with Crippen molar-refractivity contribution in [1.82, 2.24) is 10.2 Å². The molecule has 0 spiro atoms. The fourth-order valence-corrected chi connectivity index (χ4v) is 3.59. The van der Waals surface area contributed by atoms with Gasteiger partial charge in [-0.05, 0) is 70.4 Å². The molecule has 5 nitrogen and oxygen atoms in total. The first-order chi connectivity index (χ1) is 15.1. The van der Waals surface area contributed by atoms with Gasteiger partial charge in [0.25, 0.3) is 0 Å². The van der Waals surface area contributed by atoms with Crippen molar-refractivity contribution in [3.8, 4) is 5.75 Å². The van der Waals surface area contributed by atoms with Crippen LogP contribution >= 0.6 is 11.6 Å². The first-order valence-corrected chi connectivity index (χ1v) is 11.5. The molecule has 0 fully saturated rings. The zero-order chi connectivity index (χ0) is 23.7. The summed E-state index contributed by atoms with van der Waals surface area (Å²) in [6.07, 6.45) is 1.41. The van der Waals surface area contributed by atoms with Crippen molar-refractivity contribution in [2.45, 2.75) is 72.0 Å². The number of halogens is 1. The molecule has 0 aliphatic rings. The van der Waals surface area contributed by atoms with Gasteiger partial charge < -0.3 is 15.0 Å².